The number of halogens is 2. The van der Waals surface area contributed by atoms with Crippen LogP contribution in [0.2, 0.25) is 0 Å². The molecule has 0 aliphatic heterocycles. The van der Waals surface area contributed by atoms with Crippen molar-refractivity contribution >= 4 is 21.6 Å². The third-order valence-corrected chi connectivity index (χ3v) is 3.96. The highest BCUT2D eigenvalue weighted by Gasteiger charge is 2.13. The number of benzene rings is 2. The molecule has 3 rings (SSSR count). The highest BCUT2D eigenvalue weighted by Crippen LogP contribution is 2.34. The van der Waals surface area contributed by atoms with Crippen LogP contribution >= 0.6 is 15.9 Å². The van der Waals surface area contributed by atoms with Crippen LogP contribution in [-0.4, -0.2) is 0 Å². The average molecular weight is 322 g/mol. The normalized spacial score (nSPS) is 13.4. The first-order chi connectivity index (χ1) is 9.13. The first-order valence-corrected chi connectivity index (χ1v) is 6.97. The summed E-state index contributed by atoms with van der Waals surface area (Å²) in [4.78, 5) is 0. The Labute approximate surface area is 119 Å². The number of nitrogens with two attached hydrogens (primary N) is 1. The van der Waals surface area contributed by atoms with Gasteiger partial charge in [0.1, 0.15) is 11.6 Å². The lowest BCUT2D eigenvalue weighted by molar-refractivity contribution is 0.482. The van der Waals surface area contributed by atoms with Crippen molar-refractivity contribution in [1.82, 2.24) is 0 Å². The molecular weight excluding hydrogens is 309 g/mol. The van der Waals surface area contributed by atoms with Gasteiger partial charge in [0.25, 0.3) is 0 Å². The van der Waals surface area contributed by atoms with Crippen LogP contribution in [0.1, 0.15) is 17.5 Å². The van der Waals surface area contributed by atoms with Gasteiger partial charge in [0.15, 0.2) is 5.75 Å². The number of ether oxygens (including phenoxy) is 1. The Kier molecular flexibility index (Phi) is 3.19. The molecule has 0 bridgehead atoms. The molecule has 2 nitrogen and oxygen atoms in total. The lowest BCUT2D eigenvalue weighted by Crippen LogP contribution is -1.94. The molecule has 0 heterocycles. The van der Waals surface area contributed by atoms with Crippen LogP contribution in [0.3, 0.4) is 0 Å². The van der Waals surface area contributed by atoms with Crippen molar-refractivity contribution in [2.75, 3.05) is 5.73 Å². The summed E-state index contributed by atoms with van der Waals surface area (Å²) in [5, 5.41) is 0. The first kappa shape index (κ1) is 12.5. The quantitative estimate of drug-likeness (QED) is 0.829. The van der Waals surface area contributed by atoms with E-state index in [2.05, 4.69) is 22.0 Å². The zero-order valence-electron chi connectivity index (χ0n) is 10.2. The second kappa shape index (κ2) is 4.85. The number of nitrogen functional groups attached to an aromatic ring is 1. The molecule has 1 aliphatic carbocycles. The van der Waals surface area contributed by atoms with E-state index >= 15 is 0 Å². The number of hydrogen-bond acceptors (Lipinski definition) is 2. The van der Waals surface area contributed by atoms with Gasteiger partial charge >= 0.3 is 0 Å². The first-order valence-electron chi connectivity index (χ1n) is 6.17. The summed E-state index contributed by atoms with van der Waals surface area (Å²) < 4.78 is 19.4. The monoisotopic (exact) mass is 321 g/mol. The van der Waals surface area contributed by atoms with Gasteiger partial charge in [-0.2, -0.15) is 0 Å². The summed E-state index contributed by atoms with van der Waals surface area (Å²) in [5.74, 6) is 0.816. The van der Waals surface area contributed by atoms with Crippen molar-refractivity contribution in [2.24, 2.45) is 0 Å². The van der Waals surface area contributed by atoms with Gasteiger partial charge in [-0.1, -0.05) is 6.07 Å². The van der Waals surface area contributed by atoms with Crippen LogP contribution in [0.4, 0.5) is 10.1 Å². The number of hydrogen-bond donors (Lipinski definition) is 1. The molecule has 98 valence electrons. The predicted octanol–water partition coefficient (Wildman–Crippen LogP) is 4.45. The van der Waals surface area contributed by atoms with Gasteiger partial charge < -0.3 is 10.5 Å². The van der Waals surface area contributed by atoms with Crippen LogP contribution in [0.25, 0.3) is 0 Å². The summed E-state index contributed by atoms with van der Waals surface area (Å²) in [5.41, 5.74) is 8.78. The molecule has 19 heavy (non-hydrogen) atoms. The summed E-state index contributed by atoms with van der Waals surface area (Å²) in [6.07, 6.45) is 3.43. The Morgan fingerprint density at radius 2 is 1.89 bits per heavy atom. The maximum atomic E-state index is 13.3. The molecule has 0 spiro atoms. The zero-order chi connectivity index (χ0) is 13.4. The highest BCUT2D eigenvalue weighted by molar-refractivity contribution is 9.10. The van der Waals surface area contributed by atoms with Crippen LogP contribution < -0.4 is 10.5 Å². The van der Waals surface area contributed by atoms with E-state index in [1.807, 2.05) is 12.1 Å². The predicted molar refractivity (Wildman–Crippen MR) is 77.1 cm³/mol. The van der Waals surface area contributed by atoms with E-state index in [9.17, 15) is 4.39 Å². The Morgan fingerprint density at radius 3 is 2.74 bits per heavy atom. The molecule has 0 atom stereocenters. The van der Waals surface area contributed by atoms with Gasteiger partial charge in [0.05, 0.1) is 10.2 Å². The number of aryl methyl sites for hydroxylation is 2. The zero-order valence-corrected chi connectivity index (χ0v) is 11.8. The lowest BCUT2D eigenvalue weighted by atomic mass is 10.1. The second-order valence-corrected chi connectivity index (χ2v) is 5.54. The molecule has 0 radical (unpaired) electrons. The van der Waals surface area contributed by atoms with Gasteiger partial charge in [-0.25, -0.2) is 4.39 Å². The SMILES string of the molecule is Nc1cc(F)c(Br)cc1Oc1ccc2c(c1)CCC2. The number of anilines is 1. The molecule has 0 fully saturated rings. The third-order valence-electron chi connectivity index (χ3n) is 3.35. The fraction of sp³-hybridized carbons (Fsp3) is 0.200. The van der Waals surface area contributed by atoms with E-state index in [1.165, 1.54) is 23.6 Å². The fourth-order valence-corrected chi connectivity index (χ4v) is 2.69. The van der Waals surface area contributed by atoms with Crippen molar-refractivity contribution < 1.29 is 9.13 Å². The minimum Gasteiger partial charge on any atom is -0.455 e. The maximum absolute atomic E-state index is 13.3. The Hall–Kier alpha value is -1.55. The second-order valence-electron chi connectivity index (χ2n) is 4.69. The molecule has 0 saturated heterocycles. The van der Waals surface area contributed by atoms with E-state index in [0.29, 0.717) is 15.9 Å². The molecule has 4 heteroatoms. The Bertz CT molecular complexity index is 642. The minimum atomic E-state index is -0.390. The molecule has 0 unspecified atom stereocenters. The summed E-state index contributed by atoms with van der Waals surface area (Å²) in [6.45, 7) is 0. The molecule has 0 aromatic heterocycles. The average Bonchev–Trinajstić information content (AvgIpc) is 2.83. The summed E-state index contributed by atoms with van der Waals surface area (Å²) in [6, 6.07) is 8.87. The van der Waals surface area contributed by atoms with Crippen LogP contribution in [0, 0.1) is 5.82 Å². The number of fused-ring (bicyclic) bond motifs is 1. The van der Waals surface area contributed by atoms with Gasteiger partial charge in [0, 0.05) is 12.1 Å². The van der Waals surface area contributed by atoms with Crippen molar-refractivity contribution in [3.8, 4) is 11.5 Å². The molecule has 2 aromatic carbocycles. The van der Waals surface area contributed by atoms with Gasteiger partial charge in [-0.05, 0) is 58.5 Å². The standard InChI is InChI=1S/C15H13BrFNO/c16-12-7-15(14(18)8-13(12)17)19-11-5-4-9-2-1-3-10(9)6-11/h4-8H,1-3,18H2. The van der Waals surface area contributed by atoms with Crippen LogP contribution in [0.5, 0.6) is 11.5 Å². The van der Waals surface area contributed by atoms with E-state index < -0.39 is 0 Å². The fourth-order valence-electron chi connectivity index (χ4n) is 2.37. The van der Waals surface area contributed by atoms with E-state index in [1.54, 1.807) is 6.07 Å². The summed E-state index contributed by atoms with van der Waals surface area (Å²) >= 11 is 3.13. The van der Waals surface area contributed by atoms with Crippen molar-refractivity contribution in [3.05, 3.63) is 51.7 Å². The molecular formula is C15H13BrFNO. The minimum absolute atomic E-state index is 0.293. The smallest absolute Gasteiger partial charge is 0.151 e. The number of rotatable bonds is 2. The van der Waals surface area contributed by atoms with Gasteiger partial charge in [0.2, 0.25) is 0 Å². The maximum Gasteiger partial charge on any atom is 0.151 e. The van der Waals surface area contributed by atoms with Gasteiger partial charge in [-0.15, -0.1) is 0 Å². The van der Waals surface area contributed by atoms with Crippen molar-refractivity contribution in [2.45, 2.75) is 19.3 Å². The Balaban J connectivity index is 1.91. The van der Waals surface area contributed by atoms with Crippen molar-refractivity contribution in [1.29, 1.82) is 0 Å². The van der Waals surface area contributed by atoms with E-state index in [0.717, 1.165) is 18.6 Å². The van der Waals surface area contributed by atoms with Crippen LogP contribution in [-0.2, 0) is 12.8 Å². The van der Waals surface area contributed by atoms with Crippen LogP contribution in [0.15, 0.2) is 34.8 Å². The third kappa shape index (κ3) is 2.45. The topological polar surface area (TPSA) is 35.2 Å². The summed E-state index contributed by atoms with van der Waals surface area (Å²) in [7, 11) is 0. The van der Waals surface area contributed by atoms with Crippen molar-refractivity contribution in [3.63, 3.8) is 0 Å². The molecule has 0 saturated carbocycles. The lowest BCUT2D eigenvalue weighted by Gasteiger charge is -2.10. The largest absolute Gasteiger partial charge is 0.455 e. The highest BCUT2D eigenvalue weighted by atomic mass is 79.9. The van der Waals surface area contributed by atoms with E-state index in [4.69, 9.17) is 10.5 Å². The van der Waals surface area contributed by atoms with Gasteiger partial charge in [-0.3, -0.25) is 0 Å². The molecule has 1 aliphatic rings. The molecule has 0 amide bonds. The molecule has 2 aromatic rings. The Morgan fingerprint density at radius 1 is 1.11 bits per heavy atom. The molecule has 2 N–H and O–H groups in total. The van der Waals surface area contributed by atoms with E-state index in [-0.39, 0.29) is 5.82 Å².